The second-order valence-electron chi connectivity index (χ2n) is 4.84. The summed E-state index contributed by atoms with van der Waals surface area (Å²) in [6, 6.07) is 17.3. The second-order valence-corrected chi connectivity index (χ2v) is 4.84. The van der Waals surface area contributed by atoms with E-state index in [-0.39, 0.29) is 6.54 Å². The minimum Gasteiger partial charge on any atom is -0.480 e. The Morgan fingerprint density at radius 1 is 1.05 bits per heavy atom. The predicted molar refractivity (Wildman–Crippen MR) is 81.3 cm³/mol. The van der Waals surface area contributed by atoms with Crippen molar-refractivity contribution in [3.8, 4) is 0 Å². The van der Waals surface area contributed by atoms with E-state index in [2.05, 4.69) is 0 Å². The van der Waals surface area contributed by atoms with Crippen molar-refractivity contribution >= 4 is 22.6 Å². The molecule has 0 aliphatic heterocycles. The minimum atomic E-state index is -0.855. The molecule has 0 spiro atoms. The molecular weight excluding hydrogens is 266 g/mol. The maximum absolute atomic E-state index is 11.1. The normalized spacial score (nSPS) is 10.7. The van der Waals surface area contributed by atoms with Crippen LogP contribution in [0.5, 0.6) is 0 Å². The van der Waals surface area contributed by atoms with Gasteiger partial charge in [-0.2, -0.15) is 0 Å². The summed E-state index contributed by atoms with van der Waals surface area (Å²) in [7, 11) is 0. The van der Waals surface area contributed by atoms with Gasteiger partial charge in [-0.1, -0.05) is 36.4 Å². The van der Waals surface area contributed by atoms with Crippen LogP contribution < -0.4 is 4.90 Å². The topological polar surface area (TPSA) is 53.7 Å². The highest BCUT2D eigenvalue weighted by Gasteiger charge is 2.14. The number of hydrogen-bond acceptors (Lipinski definition) is 3. The molecule has 1 heterocycles. The summed E-state index contributed by atoms with van der Waals surface area (Å²) in [4.78, 5) is 12.9. The van der Waals surface area contributed by atoms with Gasteiger partial charge >= 0.3 is 5.97 Å². The van der Waals surface area contributed by atoms with Crippen LogP contribution in [0.25, 0.3) is 11.0 Å². The molecule has 0 radical (unpaired) electrons. The van der Waals surface area contributed by atoms with Crippen molar-refractivity contribution in [1.82, 2.24) is 0 Å². The molecule has 3 aromatic rings. The van der Waals surface area contributed by atoms with E-state index >= 15 is 0 Å². The molecule has 0 atom stereocenters. The van der Waals surface area contributed by atoms with Crippen LogP contribution in [0.4, 0.5) is 5.69 Å². The molecule has 0 unspecified atom stereocenters. The monoisotopic (exact) mass is 281 g/mol. The fourth-order valence-corrected chi connectivity index (χ4v) is 2.40. The predicted octanol–water partition coefficient (Wildman–Crippen LogP) is 3.52. The van der Waals surface area contributed by atoms with Crippen molar-refractivity contribution < 1.29 is 14.3 Å². The lowest BCUT2D eigenvalue weighted by Crippen LogP contribution is -2.29. The van der Waals surface area contributed by atoms with Gasteiger partial charge in [0.1, 0.15) is 12.1 Å². The molecule has 4 nitrogen and oxygen atoms in total. The van der Waals surface area contributed by atoms with E-state index in [4.69, 9.17) is 9.52 Å². The lowest BCUT2D eigenvalue weighted by atomic mass is 10.1. The maximum Gasteiger partial charge on any atom is 0.323 e. The number of nitrogens with zero attached hydrogens (tertiary/aromatic N) is 1. The Morgan fingerprint density at radius 3 is 2.52 bits per heavy atom. The van der Waals surface area contributed by atoms with Crippen molar-refractivity contribution in [3.05, 3.63) is 66.4 Å². The van der Waals surface area contributed by atoms with Crippen LogP contribution in [0.2, 0.25) is 0 Å². The molecule has 0 saturated heterocycles. The van der Waals surface area contributed by atoms with E-state index < -0.39 is 5.97 Å². The smallest absolute Gasteiger partial charge is 0.323 e. The van der Waals surface area contributed by atoms with Gasteiger partial charge in [-0.3, -0.25) is 4.79 Å². The van der Waals surface area contributed by atoms with E-state index in [0.717, 1.165) is 22.2 Å². The summed E-state index contributed by atoms with van der Waals surface area (Å²) in [5.41, 5.74) is 2.68. The zero-order chi connectivity index (χ0) is 14.7. The van der Waals surface area contributed by atoms with Gasteiger partial charge in [-0.25, -0.2) is 0 Å². The summed E-state index contributed by atoms with van der Waals surface area (Å²) in [6.07, 6.45) is 1.70. The number of aliphatic carboxylic acids is 1. The molecule has 0 fully saturated rings. The first-order chi connectivity index (χ1) is 10.2. The number of carboxylic acids is 1. The molecule has 1 N–H and O–H groups in total. The van der Waals surface area contributed by atoms with Crippen molar-refractivity contribution in [2.24, 2.45) is 0 Å². The number of para-hydroxylation sites is 2. The summed E-state index contributed by atoms with van der Waals surface area (Å²) in [5.74, 6) is -0.855. The number of carbonyl (C=O) groups is 1. The Hall–Kier alpha value is -2.75. The highest BCUT2D eigenvalue weighted by molar-refractivity contribution is 5.81. The zero-order valence-electron chi connectivity index (χ0n) is 11.4. The molecule has 2 aromatic carbocycles. The third kappa shape index (κ3) is 2.89. The van der Waals surface area contributed by atoms with E-state index in [0.29, 0.717) is 6.54 Å². The van der Waals surface area contributed by atoms with Crippen LogP contribution in [0.15, 0.2) is 65.3 Å². The van der Waals surface area contributed by atoms with Gasteiger partial charge in [-0.05, 0) is 18.2 Å². The van der Waals surface area contributed by atoms with Crippen LogP contribution in [-0.4, -0.2) is 17.6 Å². The molecule has 21 heavy (non-hydrogen) atoms. The van der Waals surface area contributed by atoms with Gasteiger partial charge in [0.15, 0.2) is 0 Å². The van der Waals surface area contributed by atoms with Gasteiger partial charge in [-0.15, -0.1) is 0 Å². The highest BCUT2D eigenvalue weighted by atomic mass is 16.4. The average molecular weight is 281 g/mol. The summed E-state index contributed by atoms with van der Waals surface area (Å²) >= 11 is 0. The van der Waals surface area contributed by atoms with Gasteiger partial charge in [0.25, 0.3) is 0 Å². The fraction of sp³-hybridized carbons (Fsp3) is 0.118. The van der Waals surface area contributed by atoms with Crippen LogP contribution in [-0.2, 0) is 11.3 Å². The van der Waals surface area contributed by atoms with E-state index in [1.807, 2.05) is 59.5 Å². The SMILES string of the molecule is O=C(O)CN(Cc1coc2ccccc12)c1ccccc1. The van der Waals surface area contributed by atoms with Gasteiger partial charge in [0.05, 0.1) is 6.26 Å². The Bertz CT molecular complexity index is 749. The highest BCUT2D eigenvalue weighted by Crippen LogP contribution is 2.24. The Balaban J connectivity index is 1.93. The van der Waals surface area contributed by atoms with E-state index in [1.165, 1.54) is 0 Å². The summed E-state index contributed by atoms with van der Waals surface area (Å²) in [5, 5.41) is 10.1. The number of hydrogen-bond donors (Lipinski definition) is 1. The van der Waals surface area contributed by atoms with Crippen molar-refractivity contribution in [3.63, 3.8) is 0 Å². The first-order valence-electron chi connectivity index (χ1n) is 6.71. The first kappa shape index (κ1) is 13.2. The van der Waals surface area contributed by atoms with Gasteiger partial charge in [0, 0.05) is 23.2 Å². The second kappa shape index (κ2) is 5.71. The van der Waals surface area contributed by atoms with Crippen molar-refractivity contribution in [2.75, 3.05) is 11.4 Å². The molecule has 0 bridgehead atoms. The summed E-state index contributed by atoms with van der Waals surface area (Å²) < 4.78 is 5.52. The molecular formula is C17H15NO3. The van der Waals surface area contributed by atoms with Gasteiger partial charge in [0.2, 0.25) is 0 Å². The number of rotatable bonds is 5. The number of benzene rings is 2. The quantitative estimate of drug-likeness (QED) is 0.777. The Labute approximate surface area is 122 Å². The number of furan rings is 1. The molecule has 4 heteroatoms. The van der Waals surface area contributed by atoms with Crippen LogP contribution in [0.3, 0.4) is 0 Å². The molecule has 0 aliphatic rings. The molecule has 0 saturated carbocycles. The molecule has 106 valence electrons. The van der Waals surface area contributed by atoms with E-state index in [9.17, 15) is 4.79 Å². The van der Waals surface area contributed by atoms with Gasteiger partial charge < -0.3 is 14.4 Å². The van der Waals surface area contributed by atoms with Crippen LogP contribution >= 0.6 is 0 Å². The number of anilines is 1. The lowest BCUT2D eigenvalue weighted by molar-refractivity contribution is -0.135. The molecule has 0 aliphatic carbocycles. The maximum atomic E-state index is 11.1. The third-order valence-corrected chi connectivity index (χ3v) is 3.37. The zero-order valence-corrected chi connectivity index (χ0v) is 11.4. The first-order valence-corrected chi connectivity index (χ1v) is 6.71. The standard InChI is InChI=1S/C17H15NO3/c19-17(20)11-18(14-6-2-1-3-7-14)10-13-12-21-16-9-5-4-8-15(13)16/h1-9,12H,10-11H2,(H,19,20). The minimum absolute atomic E-state index is 0.0521. The molecule has 1 aromatic heterocycles. The Kier molecular flexibility index (Phi) is 3.60. The number of fused-ring (bicyclic) bond motifs is 1. The largest absolute Gasteiger partial charge is 0.480 e. The molecule has 0 amide bonds. The van der Waals surface area contributed by atoms with Crippen molar-refractivity contribution in [1.29, 1.82) is 0 Å². The average Bonchev–Trinajstić information content (AvgIpc) is 2.90. The molecule has 3 rings (SSSR count). The fourth-order valence-electron chi connectivity index (χ4n) is 2.40. The lowest BCUT2D eigenvalue weighted by Gasteiger charge is -2.22. The van der Waals surface area contributed by atoms with Crippen LogP contribution in [0.1, 0.15) is 5.56 Å². The van der Waals surface area contributed by atoms with Crippen molar-refractivity contribution in [2.45, 2.75) is 6.54 Å². The number of carboxylic acid groups (broad SMARTS) is 1. The summed E-state index contributed by atoms with van der Waals surface area (Å²) in [6.45, 7) is 0.441. The van der Waals surface area contributed by atoms with Crippen LogP contribution in [0, 0.1) is 0 Å². The third-order valence-electron chi connectivity index (χ3n) is 3.37. The van der Waals surface area contributed by atoms with E-state index in [1.54, 1.807) is 6.26 Å². The Morgan fingerprint density at radius 2 is 1.76 bits per heavy atom.